The Labute approximate surface area is 110 Å². The number of aliphatic hydroxyl groups excluding tert-OH is 1. The third-order valence-electron chi connectivity index (χ3n) is 2.10. The van der Waals surface area contributed by atoms with Crippen LogP contribution in [0, 0.1) is 0 Å². The van der Waals surface area contributed by atoms with E-state index in [2.05, 4.69) is 0 Å². The van der Waals surface area contributed by atoms with E-state index in [-0.39, 0.29) is 13.0 Å². The van der Waals surface area contributed by atoms with Gasteiger partial charge in [0.05, 0.1) is 34.0 Å². The van der Waals surface area contributed by atoms with E-state index in [9.17, 15) is 14.4 Å². The van der Waals surface area contributed by atoms with Gasteiger partial charge in [0.1, 0.15) is 6.54 Å². The van der Waals surface area contributed by atoms with E-state index in [4.69, 9.17) is 20.1 Å². The Morgan fingerprint density at radius 2 is 1.63 bits per heavy atom. The zero-order valence-electron chi connectivity index (χ0n) is 11.2. The maximum absolute atomic E-state index is 11.4. The molecule has 0 bridgehead atoms. The quantitative estimate of drug-likeness (QED) is 0.381. The number of likely N-dealkylation sites (N-methyl/N-ethyl adjacent to an activating group) is 1. The fraction of sp³-hybridized carbons (Fsp3) is 0.727. The van der Waals surface area contributed by atoms with Crippen molar-refractivity contribution in [2.45, 2.75) is 25.0 Å². The summed E-state index contributed by atoms with van der Waals surface area (Å²) >= 11 is 0. The molecule has 2 unspecified atom stereocenters. The molecule has 8 nitrogen and oxygen atoms in total. The molecular weight excluding hydrogens is 258 g/mol. The number of rotatable bonds is 8. The molecule has 0 spiro atoms. The molecule has 2 atom stereocenters. The van der Waals surface area contributed by atoms with Crippen molar-refractivity contribution >= 4 is 17.9 Å². The Hall–Kier alpha value is -1.67. The molecule has 110 valence electrons. The van der Waals surface area contributed by atoms with E-state index < -0.39 is 36.5 Å². The molecule has 19 heavy (non-hydrogen) atoms. The minimum atomic E-state index is -1.85. The third-order valence-corrected chi connectivity index (χ3v) is 2.10. The highest BCUT2D eigenvalue weighted by atomic mass is 16.5. The molecule has 0 aromatic heterocycles. The molecule has 0 amide bonds. The predicted molar refractivity (Wildman–Crippen MR) is 63.3 cm³/mol. The minimum absolute atomic E-state index is 0.265. The van der Waals surface area contributed by atoms with Gasteiger partial charge in [-0.15, -0.1) is 0 Å². The normalized spacial score (nSPS) is 14.5. The van der Waals surface area contributed by atoms with Gasteiger partial charge in [0.15, 0.2) is 12.2 Å². The molecule has 3 N–H and O–H groups in total. The van der Waals surface area contributed by atoms with Gasteiger partial charge in [-0.05, 0) is 0 Å². The average molecular weight is 278 g/mol. The summed E-state index contributed by atoms with van der Waals surface area (Å²) in [5.41, 5.74) is 0. The van der Waals surface area contributed by atoms with E-state index in [0.717, 1.165) is 0 Å². The SMILES string of the molecule is C[N+](C)(C)CC(CC(=O)O)OC(=O)CC(O)C(=O)O. The summed E-state index contributed by atoms with van der Waals surface area (Å²) in [6.07, 6.45) is -3.79. The first kappa shape index (κ1) is 17.3. The number of carboxylic acid groups (broad SMARTS) is 2. The first-order valence-electron chi connectivity index (χ1n) is 5.64. The summed E-state index contributed by atoms with van der Waals surface area (Å²) in [7, 11) is 5.40. The summed E-state index contributed by atoms with van der Waals surface area (Å²) in [6.45, 7) is 0.265. The van der Waals surface area contributed by atoms with Crippen molar-refractivity contribution in [1.82, 2.24) is 0 Å². The first-order chi connectivity index (χ1) is 8.51. The fourth-order valence-electron chi connectivity index (χ4n) is 1.43. The minimum Gasteiger partial charge on any atom is -0.481 e. The Bertz CT molecular complexity index is 347. The molecule has 0 radical (unpaired) electrons. The average Bonchev–Trinajstić information content (AvgIpc) is 2.12. The number of hydrogen-bond acceptors (Lipinski definition) is 5. The Morgan fingerprint density at radius 1 is 1.11 bits per heavy atom. The summed E-state index contributed by atoms with van der Waals surface area (Å²) in [6, 6.07) is 0. The van der Waals surface area contributed by atoms with E-state index >= 15 is 0 Å². The molecule has 0 fully saturated rings. The lowest BCUT2D eigenvalue weighted by Crippen LogP contribution is -2.44. The van der Waals surface area contributed by atoms with Crippen LogP contribution in [0.1, 0.15) is 12.8 Å². The van der Waals surface area contributed by atoms with Crippen LogP contribution in [0.3, 0.4) is 0 Å². The van der Waals surface area contributed by atoms with E-state index in [1.54, 1.807) is 21.1 Å². The Balaban J connectivity index is 4.50. The van der Waals surface area contributed by atoms with Crippen LogP contribution in [0.5, 0.6) is 0 Å². The van der Waals surface area contributed by atoms with Crippen molar-refractivity contribution in [1.29, 1.82) is 0 Å². The second-order valence-electron chi connectivity index (χ2n) is 5.24. The molecule has 8 heteroatoms. The number of ether oxygens (including phenoxy) is 1. The fourth-order valence-corrected chi connectivity index (χ4v) is 1.43. The highest BCUT2D eigenvalue weighted by Crippen LogP contribution is 2.07. The van der Waals surface area contributed by atoms with Crippen LogP contribution in [0.4, 0.5) is 0 Å². The number of carboxylic acids is 2. The van der Waals surface area contributed by atoms with Crippen molar-refractivity contribution < 1.29 is 38.9 Å². The van der Waals surface area contributed by atoms with E-state index in [0.29, 0.717) is 4.48 Å². The highest BCUT2D eigenvalue weighted by molar-refractivity contribution is 5.80. The van der Waals surface area contributed by atoms with Gasteiger partial charge in [-0.3, -0.25) is 9.59 Å². The van der Waals surface area contributed by atoms with Gasteiger partial charge in [-0.25, -0.2) is 4.79 Å². The van der Waals surface area contributed by atoms with Gasteiger partial charge < -0.3 is 24.5 Å². The second-order valence-corrected chi connectivity index (χ2v) is 5.24. The number of nitrogens with zero attached hydrogens (tertiary/aromatic N) is 1. The molecule has 0 aliphatic heterocycles. The Morgan fingerprint density at radius 3 is 2.00 bits per heavy atom. The predicted octanol–water partition coefficient (Wildman–Crippen LogP) is -1.09. The monoisotopic (exact) mass is 278 g/mol. The zero-order chi connectivity index (χ0) is 15.2. The van der Waals surface area contributed by atoms with E-state index in [1.165, 1.54) is 0 Å². The highest BCUT2D eigenvalue weighted by Gasteiger charge is 2.27. The lowest BCUT2D eigenvalue weighted by atomic mass is 10.2. The topological polar surface area (TPSA) is 121 Å². The van der Waals surface area contributed by atoms with Gasteiger partial charge in [0.25, 0.3) is 0 Å². The molecule has 0 aliphatic rings. The smallest absolute Gasteiger partial charge is 0.333 e. The number of esters is 1. The molecule has 0 rings (SSSR count). The van der Waals surface area contributed by atoms with Crippen LogP contribution in [-0.4, -0.2) is 77.6 Å². The van der Waals surface area contributed by atoms with Crippen molar-refractivity contribution in [2.24, 2.45) is 0 Å². The molecule has 0 saturated carbocycles. The van der Waals surface area contributed by atoms with Crippen molar-refractivity contribution in [3.05, 3.63) is 0 Å². The number of hydrogen-bond donors (Lipinski definition) is 3. The maximum atomic E-state index is 11.4. The standard InChI is InChI=1S/C11H19NO7/c1-12(2,3)6-7(4-9(14)15)19-10(16)5-8(13)11(17)18/h7-8,13H,4-6H2,1-3H3,(H-,14,15,17,18)/p+1. The first-order valence-corrected chi connectivity index (χ1v) is 5.64. The molecule has 0 heterocycles. The van der Waals surface area contributed by atoms with Gasteiger partial charge in [0, 0.05) is 0 Å². The van der Waals surface area contributed by atoms with Crippen molar-refractivity contribution in [3.8, 4) is 0 Å². The van der Waals surface area contributed by atoms with Gasteiger partial charge in [-0.1, -0.05) is 0 Å². The lowest BCUT2D eigenvalue weighted by molar-refractivity contribution is -0.873. The van der Waals surface area contributed by atoms with Crippen LogP contribution in [0.25, 0.3) is 0 Å². The van der Waals surface area contributed by atoms with Crippen LogP contribution in [0.15, 0.2) is 0 Å². The summed E-state index contributed by atoms with van der Waals surface area (Å²) < 4.78 is 5.28. The maximum Gasteiger partial charge on any atom is 0.333 e. The second kappa shape index (κ2) is 7.05. The van der Waals surface area contributed by atoms with Crippen LogP contribution >= 0.6 is 0 Å². The number of aliphatic hydroxyl groups is 1. The van der Waals surface area contributed by atoms with Gasteiger partial charge in [0.2, 0.25) is 0 Å². The molecular formula is C11H20NO7+. The lowest BCUT2D eigenvalue weighted by Gasteiger charge is -2.28. The molecule has 0 aromatic carbocycles. The summed E-state index contributed by atoms with van der Waals surface area (Å²) in [4.78, 5) is 32.4. The molecule has 0 aromatic rings. The van der Waals surface area contributed by atoms with Crippen LogP contribution in [-0.2, 0) is 19.1 Å². The van der Waals surface area contributed by atoms with Crippen molar-refractivity contribution in [3.63, 3.8) is 0 Å². The van der Waals surface area contributed by atoms with E-state index in [1.807, 2.05) is 0 Å². The van der Waals surface area contributed by atoms with Crippen molar-refractivity contribution in [2.75, 3.05) is 27.7 Å². The summed E-state index contributed by atoms with van der Waals surface area (Å²) in [5.74, 6) is -3.59. The number of quaternary nitrogens is 1. The number of carbonyl (C=O) groups excluding carboxylic acids is 1. The number of aliphatic carboxylic acids is 2. The third kappa shape index (κ3) is 8.97. The zero-order valence-corrected chi connectivity index (χ0v) is 11.2. The molecule has 0 aliphatic carbocycles. The van der Waals surface area contributed by atoms with Gasteiger partial charge in [-0.2, -0.15) is 0 Å². The largest absolute Gasteiger partial charge is 0.481 e. The van der Waals surface area contributed by atoms with Crippen LogP contribution in [0.2, 0.25) is 0 Å². The Kier molecular flexibility index (Phi) is 6.43. The number of carbonyl (C=O) groups is 3. The summed E-state index contributed by atoms with van der Waals surface area (Å²) in [5, 5.41) is 26.2. The van der Waals surface area contributed by atoms with Gasteiger partial charge >= 0.3 is 17.9 Å². The molecule has 0 saturated heterocycles. The van der Waals surface area contributed by atoms with Crippen LogP contribution < -0.4 is 0 Å².